The van der Waals surface area contributed by atoms with Crippen LogP contribution in [0.5, 0.6) is 0 Å². The van der Waals surface area contributed by atoms with Crippen LogP contribution in [0.4, 0.5) is 10.3 Å². The first-order valence-corrected chi connectivity index (χ1v) is 8.48. The fourth-order valence-corrected chi connectivity index (χ4v) is 3.74. The van der Waals surface area contributed by atoms with Gasteiger partial charge in [-0.25, -0.2) is 14.4 Å². The third kappa shape index (κ3) is 3.45. The van der Waals surface area contributed by atoms with Gasteiger partial charge < -0.3 is 9.80 Å². The standard InChI is InChI=1S/C14H19FN4OS/c15-12-9-16-14(17-10-12)19-3-1-11(2-4-19)13(20)18-5-7-21-8-6-18/h9-11H,1-8H2. The summed E-state index contributed by atoms with van der Waals surface area (Å²) >= 11 is 1.91. The molecule has 0 atom stereocenters. The minimum absolute atomic E-state index is 0.116. The van der Waals surface area contributed by atoms with E-state index >= 15 is 0 Å². The summed E-state index contributed by atoms with van der Waals surface area (Å²) in [7, 11) is 0. The summed E-state index contributed by atoms with van der Waals surface area (Å²) < 4.78 is 12.8. The Hall–Kier alpha value is -1.37. The summed E-state index contributed by atoms with van der Waals surface area (Å²) in [6, 6.07) is 0. The van der Waals surface area contributed by atoms with Gasteiger partial charge in [0.15, 0.2) is 5.82 Å². The van der Waals surface area contributed by atoms with Crippen LogP contribution in [0.25, 0.3) is 0 Å². The van der Waals surface area contributed by atoms with Crippen molar-refractivity contribution in [2.24, 2.45) is 5.92 Å². The first kappa shape index (κ1) is 14.6. The number of piperidine rings is 1. The molecular formula is C14H19FN4OS. The van der Waals surface area contributed by atoms with Crippen LogP contribution in [0.3, 0.4) is 0 Å². The topological polar surface area (TPSA) is 49.3 Å². The van der Waals surface area contributed by atoms with Gasteiger partial charge in [0.1, 0.15) is 0 Å². The molecule has 0 aromatic carbocycles. The quantitative estimate of drug-likeness (QED) is 0.826. The third-order valence-corrected chi connectivity index (χ3v) is 5.00. The molecule has 3 heterocycles. The van der Waals surface area contributed by atoms with Crippen molar-refractivity contribution < 1.29 is 9.18 Å². The van der Waals surface area contributed by atoms with Crippen molar-refractivity contribution in [1.29, 1.82) is 0 Å². The van der Waals surface area contributed by atoms with Crippen molar-refractivity contribution >= 4 is 23.6 Å². The van der Waals surface area contributed by atoms with Crippen molar-refractivity contribution in [3.8, 4) is 0 Å². The molecule has 0 aliphatic carbocycles. The molecule has 21 heavy (non-hydrogen) atoms. The smallest absolute Gasteiger partial charge is 0.225 e. The van der Waals surface area contributed by atoms with Gasteiger partial charge in [-0.3, -0.25) is 4.79 Å². The van der Waals surface area contributed by atoms with Gasteiger partial charge in [-0.2, -0.15) is 11.8 Å². The predicted molar refractivity (Wildman–Crippen MR) is 80.8 cm³/mol. The lowest BCUT2D eigenvalue weighted by Crippen LogP contribution is -2.45. The van der Waals surface area contributed by atoms with E-state index in [9.17, 15) is 9.18 Å². The number of aromatic nitrogens is 2. The van der Waals surface area contributed by atoms with Crippen molar-refractivity contribution in [3.63, 3.8) is 0 Å². The molecule has 2 aliphatic heterocycles. The highest BCUT2D eigenvalue weighted by atomic mass is 32.2. The third-order valence-electron chi connectivity index (χ3n) is 4.06. The van der Waals surface area contributed by atoms with Gasteiger partial charge in [0.2, 0.25) is 11.9 Å². The van der Waals surface area contributed by atoms with E-state index in [0.717, 1.165) is 50.5 Å². The Bertz CT molecular complexity index is 484. The molecule has 2 saturated heterocycles. The molecule has 1 aromatic heterocycles. The number of hydrogen-bond acceptors (Lipinski definition) is 5. The van der Waals surface area contributed by atoms with Gasteiger partial charge in [-0.15, -0.1) is 0 Å². The molecule has 0 saturated carbocycles. The lowest BCUT2D eigenvalue weighted by molar-refractivity contribution is -0.135. The average Bonchev–Trinajstić information content (AvgIpc) is 2.56. The number of thioether (sulfide) groups is 1. The number of nitrogens with zero attached hydrogens (tertiary/aromatic N) is 4. The van der Waals surface area contributed by atoms with Gasteiger partial charge in [0, 0.05) is 43.6 Å². The molecule has 1 amide bonds. The fourth-order valence-electron chi connectivity index (χ4n) is 2.84. The molecule has 0 radical (unpaired) electrons. The van der Waals surface area contributed by atoms with Crippen molar-refractivity contribution in [1.82, 2.24) is 14.9 Å². The van der Waals surface area contributed by atoms with Crippen LogP contribution >= 0.6 is 11.8 Å². The van der Waals surface area contributed by atoms with E-state index in [-0.39, 0.29) is 5.92 Å². The Morgan fingerprint density at radius 2 is 1.76 bits per heavy atom. The Kier molecular flexibility index (Phi) is 4.57. The largest absolute Gasteiger partial charge is 0.341 e. The maximum Gasteiger partial charge on any atom is 0.225 e. The second kappa shape index (κ2) is 6.60. The van der Waals surface area contributed by atoms with Crippen LogP contribution in [0, 0.1) is 11.7 Å². The SMILES string of the molecule is O=C(C1CCN(c2ncc(F)cn2)CC1)N1CCSCC1. The van der Waals surface area contributed by atoms with Crippen LogP contribution < -0.4 is 4.90 Å². The van der Waals surface area contributed by atoms with Crippen LogP contribution in [0.2, 0.25) is 0 Å². The summed E-state index contributed by atoms with van der Waals surface area (Å²) in [5.74, 6) is 2.64. The Labute approximate surface area is 127 Å². The van der Waals surface area contributed by atoms with Crippen LogP contribution in [-0.4, -0.2) is 58.5 Å². The molecule has 0 N–H and O–H groups in total. The highest BCUT2D eigenvalue weighted by molar-refractivity contribution is 7.99. The van der Waals surface area contributed by atoms with Gasteiger partial charge in [-0.1, -0.05) is 0 Å². The number of anilines is 1. The maximum atomic E-state index is 12.8. The van der Waals surface area contributed by atoms with Crippen LogP contribution in [0.1, 0.15) is 12.8 Å². The molecule has 2 aliphatic rings. The minimum Gasteiger partial charge on any atom is -0.341 e. The van der Waals surface area contributed by atoms with E-state index in [4.69, 9.17) is 0 Å². The van der Waals surface area contributed by atoms with Gasteiger partial charge >= 0.3 is 0 Å². The van der Waals surface area contributed by atoms with Crippen molar-refractivity contribution in [3.05, 3.63) is 18.2 Å². The van der Waals surface area contributed by atoms with E-state index in [1.165, 1.54) is 12.4 Å². The summed E-state index contributed by atoms with van der Waals surface area (Å²) in [4.78, 5) is 24.5. The monoisotopic (exact) mass is 310 g/mol. The fraction of sp³-hybridized carbons (Fsp3) is 0.643. The van der Waals surface area contributed by atoms with Gasteiger partial charge in [-0.05, 0) is 12.8 Å². The zero-order valence-corrected chi connectivity index (χ0v) is 12.7. The van der Waals surface area contributed by atoms with E-state index in [0.29, 0.717) is 11.9 Å². The Balaban J connectivity index is 1.54. The normalized spacial score (nSPS) is 20.6. The number of carbonyl (C=O) groups is 1. The average molecular weight is 310 g/mol. The lowest BCUT2D eigenvalue weighted by atomic mass is 9.95. The first-order chi connectivity index (χ1) is 10.2. The molecule has 2 fully saturated rings. The summed E-state index contributed by atoms with van der Waals surface area (Å²) in [6.45, 7) is 3.27. The maximum absolute atomic E-state index is 12.8. The predicted octanol–water partition coefficient (Wildman–Crippen LogP) is 1.41. The van der Waals surface area contributed by atoms with Crippen LogP contribution in [-0.2, 0) is 4.79 Å². The van der Waals surface area contributed by atoms with E-state index < -0.39 is 5.82 Å². The van der Waals surface area contributed by atoms with E-state index in [1.807, 2.05) is 21.6 Å². The van der Waals surface area contributed by atoms with Crippen molar-refractivity contribution in [2.45, 2.75) is 12.8 Å². The molecule has 114 valence electrons. The summed E-state index contributed by atoms with van der Waals surface area (Å²) in [6.07, 6.45) is 4.02. The minimum atomic E-state index is -0.424. The zero-order chi connectivity index (χ0) is 14.7. The second-order valence-corrected chi connectivity index (χ2v) is 6.63. The highest BCUT2D eigenvalue weighted by Gasteiger charge is 2.29. The number of hydrogen-bond donors (Lipinski definition) is 0. The molecule has 7 heteroatoms. The first-order valence-electron chi connectivity index (χ1n) is 7.33. The number of carbonyl (C=O) groups excluding carboxylic acids is 1. The number of halogens is 1. The Morgan fingerprint density at radius 3 is 2.38 bits per heavy atom. The number of rotatable bonds is 2. The molecular weight excluding hydrogens is 291 g/mol. The number of amides is 1. The van der Waals surface area contributed by atoms with Crippen LogP contribution in [0.15, 0.2) is 12.4 Å². The highest BCUT2D eigenvalue weighted by Crippen LogP contribution is 2.23. The van der Waals surface area contributed by atoms with E-state index in [1.54, 1.807) is 0 Å². The molecule has 0 spiro atoms. The second-order valence-electron chi connectivity index (χ2n) is 5.40. The van der Waals surface area contributed by atoms with Gasteiger partial charge in [0.05, 0.1) is 12.4 Å². The molecule has 5 nitrogen and oxygen atoms in total. The lowest BCUT2D eigenvalue weighted by Gasteiger charge is -2.35. The van der Waals surface area contributed by atoms with Gasteiger partial charge in [0.25, 0.3) is 0 Å². The summed E-state index contributed by atoms with van der Waals surface area (Å²) in [5, 5.41) is 0. The van der Waals surface area contributed by atoms with Crippen molar-refractivity contribution in [2.75, 3.05) is 42.6 Å². The molecule has 3 rings (SSSR count). The summed E-state index contributed by atoms with van der Waals surface area (Å²) in [5.41, 5.74) is 0. The Morgan fingerprint density at radius 1 is 1.14 bits per heavy atom. The molecule has 0 bridgehead atoms. The molecule has 0 unspecified atom stereocenters. The molecule has 1 aromatic rings. The zero-order valence-electron chi connectivity index (χ0n) is 11.9. The van der Waals surface area contributed by atoms with E-state index in [2.05, 4.69) is 9.97 Å².